The molecular formula is C20H25N3O2S. The van der Waals surface area contributed by atoms with Gasteiger partial charge >= 0.3 is 0 Å². The minimum absolute atomic E-state index is 0.179. The number of likely N-dealkylation sites (N-methyl/N-ethyl adjacent to an activating group) is 1. The highest BCUT2D eigenvalue weighted by Gasteiger charge is 2.29. The Kier molecular flexibility index (Phi) is 5.71. The molecule has 138 valence electrons. The van der Waals surface area contributed by atoms with E-state index in [1.54, 1.807) is 31.2 Å². The summed E-state index contributed by atoms with van der Waals surface area (Å²) in [5, 5.41) is 11.7. The molecule has 1 heterocycles. The quantitative estimate of drug-likeness (QED) is 0.568. The Morgan fingerprint density at radius 1 is 1.42 bits per heavy atom. The van der Waals surface area contributed by atoms with Gasteiger partial charge in [0.1, 0.15) is 5.75 Å². The number of nitrogens with one attached hydrogen (secondary N) is 2. The lowest BCUT2D eigenvalue weighted by molar-refractivity contribution is -0.123. The number of hydrogen-bond acceptors (Lipinski definition) is 5. The molecule has 1 saturated carbocycles. The molecule has 0 radical (unpaired) electrons. The molecule has 6 heteroatoms. The SMILES string of the molecule is CCN/C=C1\C(=N)C(c2cc(SC)ccc2OCC2CC2)=CN(C)C1=O. The first-order valence-electron chi connectivity index (χ1n) is 8.88. The average Bonchev–Trinajstić information content (AvgIpc) is 3.47. The van der Waals surface area contributed by atoms with E-state index in [9.17, 15) is 4.79 Å². The smallest absolute Gasteiger partial charge is 0.261 e. The molecule has 26 heavy (non-hydrogen) atoms. The van der Waals surface area contributed by atoms with Crippen LogP contribution in [-0.4, -0.2) is 43.0 Å². The van der Waals surface area contributed by atoms with Gasteiger partial charge in [0.25, 0.3) is 5.91 Å². The van der Waals surface area contributed by atoms with Crippen molar-refractivity contribution in [1.29, 1.82) is 5.41 Å². The summed E-state index contributed by atoms with van der Waals surface area (Å²) in [7, 11) is 1.72. The van der Waals surface area contributed by atoms with Crippen molar-refractivity contribution in [2.75, 3.05) is 26.5 Å². The number of ether oxygens (including phenoxy) is 1. The normalized spacial score (nSPS) is 19.0. The maximum atomic E-state index is 12.4. The van der Waals surface area contributed by atoms with E-state index in [4.69, 9.17) is 10.1 Å². The van der Waals surface area contributed by atoms with Gasteiger partial charge in [-0.3, -0.25) is 10.2 Å². The van der Waals surface area contributed by atoms with Gasteiger partial charge in [0.15, 0.2) is 0 Å². The van der Waals surface area contributed by atoms with Crippen molar-refractivity contribution in [3.05, 3.63) is 41.7 Å². The first-order chi connectivity index (χ1) is 12.5. The third-order valence-electron chi connectivity index (χ3n) is 4.51. The van der Waals surface area contributed by atoms with E-state index in [0.717, 1.165) is 16.2 Å². The lowest BCUT2D eigenvalue weighted by Crippen LogP contribution is -2.33. The van der Waals surface area contributed by atoms with Gasteiger partial charge in [-0.15, -0.1) is 11.8 Å². The molecule has 0 bridgehead atoms. The van der Waals surface area contributed by atoms with Crippen LogP contribution in [-0.2, 0) is 4.79 Å². The molecule has 1 aliphatic heterocycles. The van der Waals surface area contributed by atoms with Crippen molar-refractivity contribution in [3.63, 3.8) is 0 Å². The number of rotatable bonds is 7. The Balaban J connectivity index is 2.00. The highest BCUT2D eigenvalue weighted by molar-refractivity contribution is 7.98. The van der Waals surface area contributed by atoms with Crippen LogP contribution in [0, 0.1) is 11.3 Å². The van der Waals surface area contributed by atoms with Gasteiger partial charge in [0.05, 0.1) is 17.9 Å². The number of hydrogen-bond donors (Lipinski definition) is 2. The molecule has 2 aliphatic rings. The van der Waals surface area contributed by atoms with Crippen LogP contribution in [0.15, 0.2) is 41.1 Å². The zero-order valence-corrected chi connectivity index (χ0v) is 16.3. The van der Waals surface area contributed by atoms with Crippen LogP contribution in [0.3, 0.4) is 0 Å². The van der Waals surface area contributed by atoms with Crippen molar-refractivity contribution in [2.45, 2.75) is 24.7 Å². The predicted octanol–water partition coefficient (Wildman–Crippen LogP) is 3.52. The van der Waals surface area contributed by atoms with E-state index in [-0.39, 0.29) is 11.6 Å². The summed E-state index contributed by atoms with van der Waals surface area (Å²) < 4.78 is 6.06. The van der Waals surface area contributed by atoms with Crippen molar-refractivity contribution >= 4 is 29.0 Å². The highest BCUT2D eigenvalue weighted by atomic mass is 32.2. The van der Waals surface area contributed by atoms with Gasteiger partial charge in [-0.05, 0) is 50.1 Å². The predicted molar refractivity (Wildman–Crippen MR) is 107 cm³/mol. The average molecular weight is 372 g/mol. The van der Waals surface area contributed by atoms with E-state index in [1.807, 2.05) is 31.4 Å². The van der Waals surface area contributed by atoms with Crippen molar-refractivity contribution < 1.29 is 9.53 Å². The molecule has 1 aliphatic carbocycles. The van der Waals surface area contributed by atoms with Gasteiger partial charge in [-0.1, -0.05) is 0 Å². The summed E-state index contributed by atoms with van der Waals surface area (Å²) in [4.78, 5) is 15.1. The van der Waals surface area contributed by atoms with Crippen LogP contribution in [0.5, 0.6) is 5.75 Å². The minimum atomic E-state index is -0.179. The Morgan fingerprint density at radius 2 is 2.19 bits per heavy atom. The molecule has 0 aromatic heterocycles. The molecule has 5 nitrogen and oxygen atoms in total. The maximum Gasteiger partial charge on any atom is 0.261 e. The molecule has 1 fully saturated rings. The van der Waals surface area contributed by atoms with E-state index in [2.05, 4.69) is 5.32 Å². The van der Waals surface area contributed by atoms with E-state index in [0.29, 0.717) is 30.2 Å². The van der Waals surface area contributed by atoms with E-state index >= 15 is 0 Å². The second-order valence-electron chi connectivity index (χ2n) is 6.57. The fourth-order valence-corrected chi connectivity index (χ4v) is 3.21. The molecule has 1 amide bonds. The number of carbonyl (C=O) groups is 1. The summed E-state index contributed by atoms with van der Waals surface area (Å²) in [5.74, 6) is 1.24. The molecule has 0 spiro atoms. The van der Waals surface area contributed by atoms with Crippen molar-refractivity contribution in [3.8, 4) is 5.75 Å². The maximum absolute atomic E-state index is 12.4. The van der Waals surface area contributed by atoms with Crippen molar-refractivity contribution in [1.82, 2.24) is 10.2 Å². The van der Waals surface area contributed by atoms with Gasteiger partial charge in [-0.2, -0.15) is 0 Å². The van der Waals surface area contributed by atoms with Gasteiger partial charge in [-0.25, -0.2) is 0 Å². The Bertz CT molecular complexity index is 781. The molecule has 1 aromatic carbocycles. The Hall–Kier alpha value is -2.21. The molecule has 2 N–H and O–H groups in total. The summed E-state index contributed by atoms with van der Waals surface area (Å²) >= 11 is 1.65. The standard InChI is InChI=1S/C20H25N3O2S/c1-4-22-10-16-19(21)17(11-23(2)20(16)24)15-9-14(26-3)7-8-18(15)25-12-13-5-6-13/h7-11,13,21-22H,4-6,12H2,1-3H3/b16-10+,21-19?. The number of benzene rings is 1. The second kappa shape index (κ2) is 7.99. The molecule has 1 aromatic rings. The van der Waals surface area contributed by atoms with Crippen LogP contribution in [0.4, 0.5) is 0 Å². The third-order valence-corrected chi connectivity index (χ3v) is 5.24. The number of allylic oxidation sites excluding steroid dienone is 1. The van der Waals surface area contributed by atoms with Crippen LogP contribution in [0.1, 0.15) is 25.3 Å². The van der Waals surface area contributed by atoms with Gasteiger partial charge in [0, 0.05) is 42.0 Å². The van der Waals surface area contributed by atoms with Crippen LogP contribution in [0.25, 0.3) is 5.57 Å². The molecule has 0 saturated heterocycles. The summed E-state index contributed by atoms with van der Waals surface area (Å²) in [6, 6.07) is 6.05. The lowest BCUT2D eigenvalue weighted by Gasteiger charge is -2.26. The number of amides is 1. The third kappa shape index (κ3) is 3.96. The number of nitrogens with zero attached hydrogens (tertiary/aromatic N) is 1. The van der Waals surface area contributed by atoms with Crippen LogP contribution >= 0.6 is 11.8 Å². The Morgan fingerprint density at radius 3 is 2.85 bits per heavy atom. The summed E-state index contributed by atoms with van der Waals surface area (Å²) in [5.41, 5.74) is 2.17. The largest absolute Gasteiger partial charge is 0.493 e. The lowest BCUT2D eigenvalue weighted by atomic mass is 9.93. The molecular weight excluding hydrogens is 346 g/mol. The highest BCUT2D eigenvalue weighted by Crippen LogP contribution is 2.36. The topological polar surface area (TPSA) is 65.4 Å². The molecule has 3 rings (SSSR count). The summed E-state index contributed by atoms with van der Waals surface area (Å²) in [6.07, 6.45) is 7.85. The minimum Gasteiger partial charge on any atom is -0.493 e. The number of carbonyl (C=O) groups excluding carboxylic acids is 1. The zero-order chi connectivity index (χ0) is 18.7. The van der Waals surface area contributed by atoms with Crippen LogP contribution in [0.2, 0.25) is 0 Å². The fraction of sp³-hybridized carbons (Fsp3) is 0.400. The molecule has 0 unspecified atom stereocenters. The fourth-order valence-electron chi connectivity index (χ4n) is 2.77. The number of thioether (sulfide) groups is 1. The summed E-state index contributed by atoms with van der Waals surface area (Å²) in [6.45, 7) is 3.37. The Labute approximate surface area is 159 Å². The first kappa shape index (κ1) is 18.6. The zero-order valence-electron chi connectivity index (χ0n) is 15.5. The second-order valence-corrected chi connectivity index (χ2v) is 7.45. The van der Waals surface area contributed by atoms with Crippen molar-refractivity contribution in [2.24, 2.45) is 5.92 Å². The van der Waals surface area contributed by atoms with Gasteiger partial charge < -0.3 is 15.0 Å². The van der Waals surface area contributed by atoms with Gasteiger partial charge in [0.2, 0.25) is 0 Å². The monoisotopic (exact) mass is 371 g/mol. The molecule has 0 atom stereocenters. The first-order valence-corrected chi connectivity index (χ1v) is 10.1. The van der Waals surface area contributed by atoms with Crippen LogP contribution < -0.4 is 10.1 Å². The van der Waals surface area contributed by atoms with E-state index in [1.165, 1.54) is 17.7 Å². The van der Waals surface area contributed by atoms with E-state index < -0.39 is 0 Å².